The van der Waals surface area contributed by atoms with Gasteiger partial charge in [0.05, 0.1) is 29.6 Å². The second kappa shape index (κ2) is 9.30. The molecular weight excluding hydrogens is 513 g/mol. The zero-order valence-electron chi connectivity index (χ0n) is 21.6. The summed E-state index contributed by atoms with van der Waals surface area (Å²) in [5, 5.41) is 11.9. The summed E-state index contributed by atoms with van der Waals surface area (Å²) in [5.41, 5.74) is 1.83. The zero-order valence-corrected chi connectivity index (χ0v) is 21.6. The van der Waals surface area contributed by atoms with Gasteiger partial charge in [0, 0.05) is 44.0 Å². The van der Waals surface area contributed by atoms with Crippen molar-refractivity contribution in [3.05, 3.63) is 76.6 Å². The van der Waals surface area contributed by atoms with Crippen LogP contribution in [0, 0.1) is 6.92 Å². The smallest absolute Gasteiger partial charge is 0.378 e. The molecule has 5 heterocycles. The minimum Gasteiger partial charge on any atom is -0.378 e. The first-order valence-electron chi connectivity index (χ1n) is 12.6. The normalized spacial score (nSPS) is 19.6. The highest BCUT2D eigenvalue weighted by atomic mass is 19.4. The number of anilines is 1. The Labute approximate surface area is 221 Å². The first-order chi connectivity index (χ1) is 18.7. The van der Waals surface area contributed by atoms with Crippen molar-refractivity contribution in [2.75, 3.05) is 25.6 Å². The highest BCUT2D eigenvalue weighted by Crippen LogP contribution is 2.43. The molecule has 1 fully saturated rings. The van der Waals surface area contributed by atoms with Crippen molar-refractivity contribution in [1.82, 2.24) is 24.4 Å². The number of rotatable bonds is 5. The molecule has 1 N–H and O–H groups in total. The number of carbonyl (C=O) groups is 1. The number of alkyl halides is 3. The van der Waals surface area contributed by atoms with Gasteiger partial charge in [-0.2, -0.15) is 18.3 Å². The van der Waals surface area contributed by atoms with Crippen LogP contribution in [0.25, 0.3) is 10.9 Å². The van der Waals surface area contributed by atoms with Crippen molar-refractivity contribution in [2.24, 2.45) is 7.05 Å². The van der Waals surface area contributed by atoms with Crippen LogP contribution >= 0.6 is 0 Å². The maximum atomic E-state index is 14.4. The molecule has 9 nitrogen and oxygen atoms in total. The fraction of sp³-hybridized carbons (Fsp3) is 0.370. The number of fused-ring (bicyclic) bond motifs is 2. The van der Waals surface area contributed by atoms with E-state index < -0.39 is 17.9 Å². The molecule has 0 bridgehead atoms. The zero-order chi connectivity index (χ0) is 27.5. The number of para-hydroxylation sites is 1. The van der Waals surface area contributed by atoms with Crippen molar-refractivity contribution >= 4 is 22.6 Å². The Morgan fingerprint density at radius 3 is 2.72 bits per heavy atom. The average Bonchev–Trinajstić information content (AvgIpc) is 3.68. The minimum absolute atomic E-state index is 0.00598. The summed E-state index contributed by atoms with van der Waals surface area (Å²) in [6, 6.07) is 11.0. The minimum atomic E-state index is -4.66. The molecule has 39 heavy (non-hydrogen) atoms. The summed E-state index contributed by atoms with van der Waals surface area (Å²) in [6.45, 7) is 2.27. The molecule has 204 valence electrons. The molecule has 0 radical (unpaired) electrons. The lowest BCUT2D eigenvalue weighted by Crippen LogP contribution is -2.39. The maximum Gasteiger partial charge on any atom is 0.435 e. The molecule has 0 unspecified atom stereocenters. The first-order valence-corrected chi connectivity index (χ1v) is 12.6. The fourth-order valence-electron chi connectivity index (χ4n) is 5.68. The van der Waals surface area contributed by atoms with E-state index in [1.54, 1.807) is 4.90 Å². The number of amides is 1. The van der Waals surface area contributed by atoms with Crippen LogP contribution in [0.15, 0.2) is 58.3 Å². The average molecular weight is 541 g/mol. The number of ether oxygens (including phenoxy) is 1. The molecule has 3 aromatic heterocycles. The van der Waals surface area contributed by atoms with E-state index in [1.807, 2.05) is 54.9 Å². The SMILES string of the molecule is COCC1=C(C(=O)N2CCC[C@H]2c2cc(C)no2)[C@@H](c2cc3ccccc3n2C)n2nc(C(F)(F)F)cc2N1. The van der Waals surface area contributed by atoms with Gasteiger partial charge in [-0.1, -0.05) is 23.4 Å². The Kier molecular flexibility index (Phi) is 6.01. The monoisotopic (exact) mass is 540 g/mol. The number of methoxy groups -OCH3 is 1. The Morgan fingerprint density at radius 1 is 1.23 bits per heavy atom. The Hall–Kier alpha value is -4.06. The molecule has 1 saturated heterocycles. The van der Waals surface area contributed by atoms with E-state index >= 15 is 0 Å². The van der Waals surface area contributed by atoms with Crippen molar-refractivity contribution in [1.29, 1.82) is 0 Å². The summed E-state index contributed by atoms with van der Waals surface area (Å²) in [7, 11) is 3.31. The van der Waals surface area contributed by atoms with Crippen LogP contribution in [0.4, 0.5) is 19.0 Å². The lowest BCUT2D eigenvalue weighted by atomic mass is 9.97. The van der Waals surface area contributed by atoms with Gasteiger partial charge in [-0.05, 0) is 37.3 Å². The van der Waals surface area contributed by atoms with Crippen LogP contribution in [-0.4, -0.2) is 50.6 Å². The number of halogens is 3. The third-order valence-electron chi connectivity index (χ3n) is 7.42. The van der Waals surface area contributed by atoms with Crippen LogP contribution in [0.3, 0.4) is 0 Å². The number of aryl methyl sites for hydroxylation is 2. The van der Waals surface area contributed by atoms with Crippen LogP contribution in [0.5, 0.6) is 0 Å². The third kappa shape index (κ3) is 4.19. The van der Waals surface area contributed by atoms with Crippen molar-refractivity contribution in [2.45, 2.75) is 38.0 Å². The molecule has 0 spiro atoms. The van der Waals surface area contributed by atoms with E-state index in [2.05, 4.69) is 15.6 Å². The van der Waals surface area contributed by atoms with Crippen LogP contribution in [-0.2, 0) is 22.8 Å². The molecule has 1 amide bonds. The molecule has 0 saturated carbocycles. The Balaban J connectivity index is 1.54. The van der Waals surface area contributed by atoms with Gasteiger partial charge in [0.1, 0.15) is 11.9 Å². The van der Waals surface area contributed by atoms with E-state index in [1.165, 1.54) is 11.8 Å². The Bertz CT molecular complexity index is 1600. The van der Waals surface area contributed by atoms with Gasteiger partial charge in [0.2, 0.25) is 0 Å². The second-order valence-electron chi connectivity index (χ2n) is 9.92. The van der Waals surface area contributed by atoms with Crippen LogP contribution < -0.4 is 5.32 Å². The third-order valence-corrected chi connectivity index (χ3v) is 7.42. The van der Waals surface area contributed by atoms with E-state index in [4.69, 9.17) is 9.26 Å². The van der Waals surface area contributed by atoms with E-state index in [0.717, 1.165) is 23.4 Å². The predicted molar refractivity (Wildman–Crippen MR) is 136 cm³/mol. The van der Waals surface area contributed by atoms with Crippen molar-refractivity contribution < 1.29 is 27.2 Å². The van der Waals surface area contributed by atoms with Gasteiger partial charge in [-0.3, -0.25) is 4.79 Å². The summed E-state index contributed by atoms with van der Waals surface area (Å²) in [5.74, 6) is 0.386. The van der Waals surface area contributed by atoms with Crippen LogP contribution in [0.2, 0.25) is 0 Å². The molecule has 0 aliphatic carbocycles. The Morgan fingerprint density at radius 2 is 2.03 bits per heavy atom. The first kappa shape index (κ1) is 25.2. The van der Waals surface area contributed by atoms with Crippen LogP contribution in [0.1, 0.15) is 47.8 Å². The summed E-state index contributed by atoms with van der Waals surface area (Å²) >= 11 is 0. The quantitative estimate of drug-likeness (QED) is 0.385. The second-order valence-corrected chi connectivity index (χ2v) is 9.92. The van der Waals surface area contributed by atoms with Gasteiger partial charge in [-0.15, -0.1) is 0 Å². The van der Waals surface area contributed by atoms with Gasteiger partial charge < -0.3 is 24.0 Å². The predicted octanol–water partition coefficient (Wildman–Crippen LogP) is 4.97. The number of aromatic nitrogens is 4. The number of benzene rings is 1. The standard InChI is InChI=1S/C27H27F3N6O3/c1-15-11-21(39-33-15)19-9-6-10-35(19)26(37)24-17(14-38-3)31-23-13-22(27(28,29)30)32-36(23)25(24)20-12-16-7-4-5-8-18(16)34(20)2/h4-5,7-8,11-13,19,25,31H,6,9-10,14H2,1-3H3/t19-,25+/m0/s1. The fourth-order valence-corrected chi connectivity index (χ4v) is 5.68. The molecule has 2 atom stereocenters. The molecule has 4 aromatic rings. The largest absolute Gasteiger partial charge is 0.435 e. The lowest BCUT2D eigenvalue weighted by molar-refractivity contribution is -0.141. The summed E-state index contributed by atoms with van der Waals surface area (Å²) in [6.07, 6.45) is -3.23. The van der Waals surface area contributed by atoms with E-state index in [-0.39, 0.29) is 29.9 Å². The number of likely N-dealkylation sites (tertiary alicyclic amines) is 1. The molecular formula is C27H27F3N6O3. The van der Waals surface area contributed by atoms with Crippen molar-refractivity contribution in [3.63, 3.8) is 0 Å². The van der Waals surface area contributed by atoms with E-state index in [9.17, 15) is 18.0 Å². The van der Waals surface area contributed by atoms with E-state index in [0.29, 0.717) is 35.8 Å². The van der Waals surface area contributed by atoms with Crippen molar-refractivity contribution in [3.8, 4) is 0 Å². The number of hydrogen-bond donors (Lipinski definition) is 1. The topological polar surface area (TPSA) is 90.4 Å². The van der Waals surface area contributed by atoms with Gasteiger partial charge in [0.15, 0.2) is 11.5 Å². The summed E-state index contributed by atoms with van der Waals surface area (Å²) in [4.78, 5) is 16.1. The lowest BCUT2D eigenvalue weighted by Gasteiger charge is -2.34. The summed E-state index contributed by atoms with van der Waals surface area (Å²) < 4.78 is 55.5. The molecule has 2 aliphatic rings. The molecule has 1 aromatic carbocycles. The van der Waals surface area contributed by atoms with Gasteiger partial charge in [0.25, 0.3) is 5.91 Å². The van der Waals surface area contributed by atoms with Gasteiger partial charge >= 0.3 is 6.18 Å². The maximum absolute atomic E-state index is 14.4. The van der Waals surface area contributed by atoms with Gasteiger partial charge in [-0.25, -0.2) is 4.68 Å². The number of hydrogen-bond acceptors (Lipinski definition) is 6. The molecule has 12 heteroatoms. The number of nitrogens with zero attached hydrogens (tertiary/aromatic N) is 5. The highest BCUT2D eigenvalue weighted by Gasteiger charge is 2.44. The highest BCUT2D eigenvalue weighted by molar-refractivity contribution is 5.98. The molecule has 6 rings (SSSR count). The number of nitrogens with one attached hydrogen (secondary N) is 1. The number of carbonyl (C=O) groups excluding carboxylic acids is 1. The molecule has 2 aliphatic heterocycles.